The summed E-state index contributed by atoms with van der Waals surface area (Å²) in [5.74, 6) is 0.915. The van der Waals surface area contributed by atoms with Gasteiger partial charge in [-0.05, 0) is 29.9 Å². The van der Waals surface area contributed by atoms with Crippen molar-refractivity contribution in [2.24, 2.45) is 0 Å². The fraction of sp³-hybridized carbons (Fsp3) is 0.600. The topological polar surface area (TPSA) is 20.2 Å². The Morgan fingerprint density at radius 1 is 1.12 bits per heavy atom. The molecule has 0 aliphatic heterocycles. The van der Waals surface area contributed by atoms with Gasteiger partial charge in [0, 0.05) is 5.92 Å². The molecule has 0 aromatic heterocycles. The van der Waals surface area contributed by atoms with Crippen LogP contribution >= 0.6 is 0 Å². The molecule has 1 aliphatic rings. The number of hydrogen-bond acceptors (Lipinski definition) is 1. The molecule has 1 heteroatoms. The van der Waals surface area contributed by atoms with Crippen LogP contribution in [0.25, 0.3) is 0 Å². The van der Waals surface area contributed by atoms with Crippen LogP contribution in [0.2, 0.25) is 0 Å². The van der Waals surface area contributed by atoms with E-state index in [1.165, 1.54) is 24.0 Å². The van der Waals surface area contributed by atoms with E-state index >= 15 is 0 Å². The molecule has 1 N–H and O–H groups in total. The molecule has 1 aromatic rings. The third-order valence-corrected chi connectivity index (χ3v) is 3.75. The Labute approximate surface area is 98.5 Å². The van der Waals surface area contributed by atoms with Crippen molar-refractivity contribution in [1.29, 1.82) is 0 Å². The highest BCUT2D eigenvalue weighted by molar-refractivity contribution is 5.33. The van der Waals surface area contributed by atoms with Gasteiger partial charge in [-0.1, -0.05) is 51.0 Å². The van der Waals surface area contributed by atoms with Crippen LogP contribution < -0.4 is 0 Å². The van der Waals surface area contributed by atoms with Gasteiger partial charge >= 0.3 is 0 Å². The third-order valence-electron chi connectivity index (χ3n) is 3.75. The summed E-state index contributed by atoms with van der Waals surface area (Å²) in [6.45, 7) is 4.46. The van der Waals surface area contributed by atoms with E-state index in [0.717, 1.165) is 12.8 Å². The summed E-state index contributed by atoms with van der Waals surface area (Å²) in [5.41, 5.74) is 2.79. The van der Waals surface area contributed by atoms with Crippen LogP contribution in [0.15, 0.2) is 24.3 Å². The smallest absolute Gasteiger partial charge is 0.0608 e. The fourth-order valence-corrected chi connectivity index (χ4v) is 2.85. The lowest BCUT2D eigenvalue weighted by Gasteiger charge is -2.30. The molecular weight excluding hydrogens is 196 g/mol. The molecular formula is C15H22O. The van der Waals surface area contributed by atoms with Crippen molar-refractivity contribution in [3.05, 3.63) is 35.4 Å². The maximum atomic E-state index is 10.1. The molecule has 1 fully saturated rings. The average molecular weight is 218 g/mol. The largest absolute Gasteiger partial charge is 0.392 e. The van der Waals surface area contributed by atoms with Crippen LogP contribution in [-0.4, -0.2) is 11.2 Å². The van der Waals surface area contributed by atoms with Crippen molar-refractivity contribution in [3.63, 3.8) is 0 Å². The molecule has 0 amide bonds. The Morgan fingerprint density at radius 3 is 2.50 bits per heavy atom. The highest BCUT2D eigenvalue weighted by Gasteiger charge is 2.26. The van der Waals surface area contributed by atoms with Crippen molar-refractivity contribution in [2.75, 3.05) is 0 Å². The highest BCUT2D eigenvalue weighted by Crippen LogP contribution is 2.36. The maximum Gasteiger partial charge on any atom is 0.0608 e. The second kappa shape index (κ2) is 5.01. The Morgan fingerprint density at radius 2 is 1.81 bits per heavy atom. The first-order valence-corrected chi connectivity index (χ1v) is 6.47. The van der Waals surface area contributed by atoms with E-state index < -0.39 is 0 Å². The zero-order chi connectivity index (χ0) is 11.5. The van der Waals surface area contributed by atoms with Crippen molar-refractivity contribution >= 4 is 0 Å². The van der Waals surface area contributed by atoms with E-state index in [9.17, 15) is 5.11 Å². The highest BCUT2D eigenvalue weighted by atomic mass is 16.3. The zero-order valence-electron chi connectivity index (χ0n) is 10.3. The minimum atomic E-state index is -0.131. The predicted molar refractivity (Wildman–Crippen MR) is 67.7 cm³/mol. The van der Waals surface area contributed by atoms with Crippen molar-refractivity contribution < 1.29 is 5.11 Å². The second-order valence-electron chi connectivity index (χ2n) is 5.24. The normalized spacial score (nSPS) is 26.0. The van der Waals surface area contributed by atoms with Crippen LogP contribution in [0.1, 0.15) is 62.5 Å². The van der Waals surface area contributed by atoms with E-state index in [-0.39, 0.29) is 6.10 Å². The van der Waals surface area contributed by atoms with Gasteiger partial charge in [-0.2, -0.15) is 0 Å². The molecule has 2 atom stereocenters. The summed E-state index contributed by atoms with van der Waals surface area (Å²) in [5, 5.41) is 10.1. The van der Waals surface area contributed by atoms with Gasteiger partial charge in [0.25, 0.3) is 0 Å². The van der Waals surface area contributed by atoms with Crippen molar-refractivity contribution in [3.8, 4) is 0 Å². The van der Waals surface area contributed by atoms with E-state index in [2.05, 4.69) is 38.1 Å². The molecule has 0 bridgehead atoms. The molecule has 0 saturated heterocycles. The SMILES string of the molecule is CC(C)c1ccccc1[C@@H]1CCCC[C@H]1O. The lowest BCUT2D eigenvalue weighted by atomic mass is 9.78. The van der Waals surface area contributed by atoms with Gasteiger partial charge in [0.05, 0.1) is 6.10 Å². The van der Waals surface area contributed by atoms with Crippen molar-refractivity contribution in [1.82, 2.24) is 0 Å². The number of aliphatic hydroxyl groups is 1. The van der Waals surface area contributed by atoms with Crippen LogP contribution in [0.4, 0.5) is 0 Å². The summed E-state index contributed by atoms with van der Waals surface area (Å²) in [6, 6.07) is 8.62. The molecule has 16 heavy (non-hydrogen) atoms. The number of rotatable bonds is 2. The van der Waals surface area contributed by atoms with Gasteiger partial charge in [0.2, 0.25) is 0 Å². The monoisotopic (exact) mass is 218 g/mol. The molecule has 2 rings (SSSR count). The quantitative estimate of drug-likeness (QED) is 0.800. The van der Waals surface area contributed by atoms with E-state index in [1.54, 1.807) is 0 Å². The summed E-state index contributed by atoms with van der Waals surface area (Å²) < 4.78 is 0. The lowest BCUT2D eigenvalue weighted by Crippen LogP contribution is -2.23. The molecule has 1 aliphatic carbocycles. The summed E-state index contributed by atoms with van der Waals surface area (Å²) >= 11 is 0. The maximum absolute atomic E-state index is 10.1. The van der Waals surface area contributed by atoms with Gasteiger partial charge in [-0.25, -0.2) is 0 Å². The average Bonchev–Trinajstić information content (AvgIpc) is 2.29. The molecule has 0 spiro atoms. The molecule has 1 saturated carbocycles. The van der Waals surface area contributed by atoms with Gasteiger partial charge in [-0.15, -0.1) is 0 Å². The summed E-state index contributed by atoms with van der Waals surface area (Å²) in [7, 11) is 0. The Bertz CT molecular complexity index is 343. The second-order valence-corrected chi connectivity index (χ2v) is 5.24. The third kappa shape index (κ3) is 2.30. The number of hydrogen-bond donors (Lipinski definition) is 1. The van der Waals surface area contributed by atoms with Crippen LogP contribution in [0, 0.1) is 0 Å². The van der Waals surface area contributed by atoms with Gasteiger partial charge in [-0.3, -0.25) is 0 Å². The number of aliphatic hydroxyl groups excluding tert-OH is 1. The summed E-state index contributed by atoms with van der Waals surface area (Å²) in [4.78, 5) is 0. The Balaban J connectivity index is 2.31. The Hall–Kier alpha value is -0.820. The predicted octanol–water partition coefficient (Wildman–Crippen LogP) is 3.83. The van der Waals surface area contributed by atoms with Gasteiger partial charge in [0.15, 0.2) is 0 Å². The van der Waals surface area contributed by atoms with Gasteiger partial charge in [0.1, 0.15) is 0 Å². The lowest BCUT2D eigenvalue weighted by molar-refractivity contribution is 0.106. The zero-order valence-corrected chi connectivity index (χ0v) is 10.3. The molecule has 1 aromatic carbocycles. The minimum Gasteiger partial charge on any atom is -0.392 e. The fourth-order valence-electron chi connectivity index (χ4n) is 2.85. The minimum absolute atomic E-state index is 0.131. The molecule has 1 nitrogen and oxygen atoms in total. The van der Waals surface area contributed by atoms with Crippen molar-refractivity contribution in [2.45, 2.75) is 57.5 Å². The molecule has 0 radical (unpaired) electrons. The van der Waals surface area contributed by atoms with Crippen LogP contribution in [0.5, 0.6) is 0 Å². The molecule has 0 unspecified atom stereocenters. The first kappa shape index (κ1) is 11.7. The van der Waals surface area contributed by atoms with Gasteiger partial charge < -0.3 is 5.11 Å². The van der Waals surface area contributed by atoms with E-state index in [0.29, 0.717) is 11.8 Å². The van der Waals surface area contributed by atoms with E-state index in [1.807, 2.05) is 0 Å². The molecule has 0 heterocycles. The summed E-state index contributed by atoms with van der Waals surface area (Å²) in [6.07, 6.45) is 4.42. The Kier molecular flexibility index (Phi) is 3.65. The van der Waals surface area contributed by atoms with Crippen LogP contribution in [0.3, 0.4) is 0 Å². The number of benzene rings is 1. The molecule has 88 valence electrons. The van der Waals surface area contributed by atoms with Crippen LogP contribution in [-0.2, 0) is 0 Å². The first-order valence-electron chi connectivity index (χ1n) is 6.47. The van der Waals surface area contributed by atoms with E-state index in [4.69, 9.17) is 0 Å². The first-order chi connectivity index (χ1) is 7.70. The standard InChI is InChI=1S/C15H22O/c1-11(2)12-7-3-4-8-13(12)14-9-5-6-10-15(14)16/h3-4,7-8,11,14-16H,5-6,9-10H2,1-2H3/t14-,15+/m0/s1.